The van der Waals surface area contributed by atoms with Gasteiger partial charge in [-0.25, -0.2) is 0 Å². The number of nitrogen functional groups attached to an aromatic ring is 1. The molecule has 1 aliphatic rings. The van der Waals surface area contributed by atoms with Gasteiger partial charge in [-0.3, -0.25) is 9.59 Å². The highest BCUT2D eigenvalue weighted by Crippen LogP contribution is 2.05. The van der Waals surface area contributed by atoms with Crippen molar-refractivity contribution in [1.29, 1.82) is 0 Å². The lowest BCUT2D eigenvalue weighted by Gasteiger charge is -2.20. The average molecular weight is 276 g/mol. The van der Waals surface area contributed by atoms with Gasteiger partial charge in [-0.05, 0) is 37.2 Å². The largest absolute Gasteiger partial charge is 0.399 e. The molecular formula is C14H20N4O2. The van der Waals surface area contributed by atoms with Gasteiger partial charge in [-0.1, -0.05) is 0 Å². The van der Waals surface area contributed by atoms with E-state index in [0.717, 1.165) is 26.1 Å². The Hall–Kier alpha value is -2.08. The molecule has 0 spiro atoms. The maximum Gasteiger partial charge on any atom is 0.251 e. The van der Waals surface area contributed by atoms with E-state index in [-0.39, 0.29) is 18.4 Å². The summed E-state index contributed by atoms with van der Waals surface area (Å²) in [6, 6.07) is 6.62. The molecule has 2 amide bonds. The van der Waals surface area contributed by atoms with E-state index in [0.29, 0.717) is 17.8 Å². The summed E-state index contributed by atoms with van der Waals surface area (Å²) in [5, 5.41) is 5.88. The van der Waals surface area contributed by atoms with Crippen molar-refractivity contribution in [2.45, 2.75) is 6.42 Å². The molecule has 1 saturated heterocycles. The molecule has 2 rings (SSSR count). The van der Waals surface area contributed by atoms with E-state index >= 15 is 0 Å². The SMILES string of the molecule is Nc1ccc(C(=O)NCC(=O)N2CCCNCC2)cc1. The Bertz CT molecular complexity index is 465. The number of nitrogens with zero attached hydrogens (tertiary/aromatic N) is 1. The lowest BCUT2D eigenvalue weighted by Crippen LogP contribution is -2.41. The van der Waals surface area contributed by atoms with Crippen molar-refractivity contribution < 1.29 is 9.59 Å². The van der Waals surface area contributed by atoms with E-state index in [1.54, 1.807) is 29.2 Å². The maximum absolute atomic E-state index is 12.0. The first kappa shape index (κ1) is 14.3. The van der Waals surface area contributed by atoms with Crippen LogP contribution in [0.25, 0.3) is 0 Å². The van der Waals surface area contributed by atoms with Crippen molar-refractivity contribution in [3.05, 3.63) is 29.8 Å². The topological polar surface area (TPSA) is 87.5 Å². The summed E-state index contributed by atoms with van der Waals surface area (Å²) in [7, 11) is 0. The van der Waals surface area contributed by atoms with E-state index in [1.165, 1.54) is 0 Å². The van der Waals surface area contributed by atoms with E-state index in [1.807, 2.05) is 0 Å². The van der Waals surface area contributed by atoms with Crippen LogP contribution in [0.2, 0.25) is 0 Å². The van der Waals surface area contributed by atoms with Gasteiger partial charge >= 0.3 is 0 Å². The zero-order valence-electron chi connectivity index (χ0n) is 11.4. The quantitative estimate of drug-likeness (QED) is 0.668. The smallest absolute Gasteiger partial charge is 0.251 e. The number of nitrogens with one attached hydrogen (secondary N) is 2. The third-order valence-corrected chi connectivity index (χ3v) is 3.27. The molecule has 0 bridgehead atoms. The van der Waals surface area contributed by atoms with Crippen LogP contribution in [0.4, 0.5) is 5.69 Å². The summed E-state index contributed by atoms with van der Waals surface area (Å²) < 4.78 is 0. The number of hydrogen-bond acceptors (Lipinski definition) is 4. The number of carbonyl (C=O) groups excluding carboxylic acids is 2. The van der Waals surface area contributed by atoms with E-state index < -0.39 is 0 Å². The van der Waals surface area contributed by atoms with Gasteiger partial charge in [0.15, 0.2) is 0 Å². The summed E-state index contributed by atoms with van der Waals surface area (Å²) >= 11 is 0. The molecule has 0 aromatic heterocycles. The van der Waals surface area contributed by atoms with Gasteiger partial charge in [0.05, 0.1) is 6.54 Å². The molecule has 0 saturated carbocycles. The Morgan fingerprint density at radius 2 is 1.95 bits per heavy atom. The summed E-state index contributed by atoms with van der Waals surface area (Å²) in [6.07, 6.45) is 0.942. The number of amides is 2. The van der Waals surface area contributed by atoms with Crippen molar-refractivity contribution in [2.75, 3.05) is 38.5 Å². The normalized spacial score (nSPS) is 15.5. The molecule has 6 nitrogen and oxygen atoms in total. The lowest BCUT2D eigenvalue weighted by atomic mass is 10.2. The van der Waals surface area contributed by atoms with Crippen molar-refractivity contribution in [3.8, 4) is 0 Å². The van der Waals surface area contributed by atoms with Gasteiger partial charge in [0.1, 0.15) is 0 Å². The second-order valence-electron chi connectivity index (χ2n) is 4.79. The Labute approximate surface area is 118 Å². The summed E-state index contributed by atoms with van der Waals surface area (Å²) in [6.45, 7) is 3.20. The molecule has 1 fully saturated rings. The summed E-state index contributed by atoms with van der Waals surface area (Å²) in [5.41, 5.74) is 6.67. The number of hydrogen-bond donors (Lipinski definition) is 3. The van der Waals surface area contributed by atoms with Crippen LogP contribution >= 0.6 is 0 Å². The van der Waals surface area contributed by atoms with Crippen LogP contribution < -0.4 is 16.4 Å². The minimum atomic E-state index is -0.258. The molecular weight excluding hydrogens is 256 g/mol. The highest BCUT2D eigenvalue weighted by atomic mass is 16.2. The zero-order valence-corrected chi connectivity index (χ0v) is 11.4. The molecule has 0 aliphatic carbocycles. The van der Waals surface area contributed by atoms with Gasteiger partial charge in [0.25, 0.3) is 5.91 Å². The molecule has 0 unspecified atom stereocenters. The molecule has 1 aromatic carbocycles. The van der Waals surface area contributed by atoms with Crippen LogP contribution in [0.3, 0.4) is 0 Å². The Morgan fingerprint density at radius 1 is 1.20 bits per heavy atom. The minimum absolute atomic E-state index is 0.0310. The standard InChI is InChI=1S/C14H20N4O2/c15-12-4-2-11(3-5-12)14(20)17-10-13(19)18-8-1-6-16-7-9-18/h2-5,16H,1,6-10,15H2,(H,17,20). The Balaban J connectivity index is 1.83. The predicted octanol–water partition coefficient (Wildman–Crippen LogP) is -0.179. The van der Waals surface area contributed by atoms with Crippen LogP contribution in [0.1, 0.15) is 16.8 Å². The van der Waals surface area contributed by atoms with Gasteiger partial charge in [-0.2, -0.15) is 0 Å². The number of anilines is 1. The van der Waals surface area contributed by atoms with Crippen LogP contribution in [0.15, 0.2) is 24.3 Å². The number of rotatable bonds is 3. The number of nitrogens with two attached hydrogens (primary N) is 1. The molecule has 0 radical (unpaired) electrons. The first-order valence-electron chi connectivity index (χ1n) is 6.79. The Morgan fingerprint density at radius 3 is 2.70 bits per heavy atom. The highest BCUT2D eigenvalue weighted by Gasteiger charge is 2.16. The van der Waals surface area contributed by atoms with Crippen molar-refractivity contribution in [2.24, 2.45) is 0 Å². The molecule has 6 heteroatoms. The first-order valence-corrected chi connectivity index (χ1v) is 6.79. The van der Waals surface area contributed by atoms with Gasteiger partial charge < -0.3 is 21.3 Å². The molecule has 20 heavy (non-hydrogen) atoms. The van der Waals surface area contributed by atoms with Crippen LogP contribution in [-0.4, -0.2) is 49.4 Å². The fraction of sp³-hybridized carbons (Fsp3) is 0.429. The fourth-order valence-corrected chi connectivity index (χ4v) is 2.10. The number of carbonyl (C=O) groups is 2. The van der Waals surface area contributed by atoms with Crippen molar-refractivity contribution in [3.63, 3.8) is 0 Å². The number of benzene rings is 1. The van der Waals surface area contributed by atoms with Crippen molar-refractivity contribution >= 4 is 17.5 Å². The molecule has 108 valence electrons. The molecule has 4 N–H and O–H groups in total. The van der Waals surface area contributed by atoms with Crippen LogP contribution in [0.5, 0.6) is 0 Å². The molecule has 1 aromatic rings. The predicted molar refractivity (Wildman–Crippen MR) is 77.3 cm³/mol. The molecule has 1 heterocycles. The van der Waals surface area contributed by atoms with E-state index in [9.17, 15) is 9.59 Å². The zero-order chi connectivity index (χ0) is 14.4. The maximum atomic E-state index is 12.0. The van der Waals surface area contributed by atoms with E-state index in [2.05, 4.69) is 10.6 Å². The third kappa shape index (κ3) is 3.96. The van der Waals surface area contributed by atoms with Gasteiger partial charge in [0, 0.05) is 30.9 Å². The second kappa shape index (κ2) is 6.91. The summed E-state index contributed by atoms with van der Waals surface area (Å²) in [4.78, 5) is 25.7. The van der Waals surface area contributed by atoms with E-state index in [4.69, 9.17) is 5.73 Å². The van der Waals surface area contributed by atoms with Gasteiger partial charge in [0.2, 0.25) is 5.91 Å². The average Bonchev–Trinajstić information content (AvgIpc) is 2.74. The van der Waals surface area contributed by atoms with Gasteiger partial charge in [-0.15, -0.1) is 0 Å². The van der Waals surface area contributed by atoms with Crippen LogP contribution in [-0.2, 0) is 4.79 Å². The van der Waals surface area contributed by atoms with Crippen LogP contribution in [0, 0.1) is 0 Å². The highest BCUT2D eigenvalue weighted by molar-refractivity contribution is 5.96. The Kier molecular flexibility index (Phi) is 4.95. The monoisotopic (exact) mass is 276 g/mol. The lowest BCUT2D eigenvalue weighted by molar-refractivity contribution is -0.129. The first-order chi connectivity index (χ1) is 9.66. The minimum Gasteiger partial charge on any atom is -0.399 e. The molecule has 0 atom stereocenters. The fourth-order valence-electron chi connectivity index (χ4n) is 2.10. The summed E-state index contributed by atoms with van der Waals surface area (Å²) in [5.74, 6) is -0.302. The second-order valence-corrected chi connectivity index (χ2v) is 4.79. The van der Waals surface area contributed by atoms with Crippen molar-refractivity contribution in [1.82, 2.24) is 15.5 Å². The third-order valence-electron chi connectivity index (χ3n) is 3.27. The molecule has 1 aliphatic heterocycles.